The second kappa shape index (κ2) is 7.02. The minimum absolute atomic E-state index is 0.0290. The molecule has 0 bridgehead atoms. The number of hydrogen-bond donors (Lipinski definition) is 1. The number of carbonyl (C=O) groups excluding carboxylic acids is 2. The first-order valence-corrected chi connectivity index (χ1v) is 8.59. The number of nitrogens with one attached hydrogen (secondary N) is 1. The Morgan fingerprint density at radius 1 is 1.26 bits per heavy atom. The van der Waals surface area contributed by atoms with Gasteiger partial charge in [-0.2, -0.15) is 0 Å². The molecule has 1 aromatic rings. The summed E-state index contributed by atoms with van der Waals surface area (Å²) in [6.07, 6.45) is 5.04. The molecular weight excluding hydrogens is 290 g/mol. The van der Waals surface area contributed by atoms with Gasteiger partial charge in [-0.1, -0.05) is 18.2 Å². The summed E-state index contributed by atoms with van der Waals surface area (Å²) in [6.45, 7) is 3.53. The Kier molecular flexibility index (Phi) is 4.84. The summed E-state index contributed by atoms with van der Waals surface area (Å²) in [5.74, 6) is -0.0446. The van der Waals surface area contributed by atoms with Crippen molar-refractivity contribution >= 4 is 17.5 Å². The third-order valence-corrected chi connectivity index (χ3v) is 4.83. The molecule has 5 nitrogen and oxygen atoms in total. The van der Waals surface area contributed by atoms with Crippen LogP contribution in [-0.2, 0) is 16.0 Å². The highest BCUT2D eigenvalue weighted by Crippen LogP contribution is 2.30. The van der Waals surface area contributed by atoms with Crippen molar-refractivity contribution in [2.75, 3.05) is 18.0 Å². The number of piperidine rings is 1. The van der Waals surface area contributed by atoms with Gasteiger partial charge in [0, 0.05) is 37.7 Å². The molecule has 2 aliphatic rings. The van der Waals surface area contributed by atoms with Crippen molar-refractivity contribution in [3.8, 4) is 0 Å². The number of aryl methyl sites for hydroxylation is 1. The van der Waals surface area contributed by atoms with Gasteiger partial charge in [-0.3, -0.25) is 20.0 Å². The van der Waals surface area contributed by atoms with Crippen LogP contribution in [0.1, 0.15) is 44.6 Å². The fraction of sp³-hybridized carbons (Fsp3) is 0.556. The molecule has 124 valence electrons. The summed E-state index contributed by atoms with van der Waals surface area (Å²) in [5, 5.41) is 1.49. The van der Waals surface area contributed by atoms with E-state index in [0.29, 0.717) is 32.0 Å². The molecule has 5 heteroatoms. The monoisotopic (exact) mass is 315 g/mol. The normalized spacial score (nSPS) is 21.1. The Hall–Kier alpha value is -2.04. The highest BCUT2D eigenvalue weighted by Gasteiger charge is 2.24. The molecule has 0 radical (unpaired) electrons. The highest BCUT2D eigenvalue weighted by atomic mass is 16.2. The molecule has 1 N–H and O–H groups in total. The van der Waals surface area contributed by atoms with Crippen molar-refractivity contribution in [3.63, 3.8) is 0 Å². The lowest BCUT2D eigenvalue weighted by atomic mass is 9.96. The molecule has 0 spiro atoms. The van der Waals surface area contributed by atoms with Gasteiger partial charge in [-0.15, -0.1) is 0 Å². The fourth-order valence-corrected chi connectivity index (χ4v) is 3.45. The van der Waals surface area contributed by atoms with Gasteiger partial charge in [0.1, 0.15) is 0 Å². The van der Waals surface area contributed by atoms with Gasteiger partial charge >= 0.3 is 0 Å². The zero-order valence-corrected chi connectivity index (χ0v) is 13.8. The van der Waals surface area contributed by atoms with Gasteiger partial charge in [0.05, 0.1) is 0 Å². The first kappa shape index (κ1) is 15.8. The number of benzene rings is 1. The van der Waals surface area contributed by atoms with E-state index < -0.39 is 0 Å². The van der Waals surface area contributed by atoms with Crippen LogP contribution in [0.4, 0.5) is 5.69 Å². The van der Waals surface area contributed by atoms with E-state index in [4.69, 9.17) is 0 Å². The average molecular weight is 315 g/mol. The molecule has 1 fully saturated rings. The van der Waals surface area contributed by atoms with Crippen LogP contribution in [-0.4, -0.2) is 36.0 Å². The molecule has 2 aliphatic heterocycles. The number of fused-ring (bicyclic) bond motifs is 1. The van der Waals surface area contributed by atoms with Crippen molar-refractivity contribution in [2.24, 2.45) is 0 Å². The summed E-state index contributed by atoms with van der Waals surface area (Å²) in [4.78, 5) is 26.3. The maximum Gasteiger partial charge on any atom is 0.240 e. The van der Waals surface area contributed by atoms with Crippen LogP contribution in [0, 0.1) is 0 Å². The van der Waals surface area contributed by atoms with Gasteiger partial charge < -0.3 is 4.90 Å². The van der Waals surface area contributed by atoms with Crippen LogP contribution < -0.4 is 10.3 Å². The Balaban J connectivity index is 1.57. The second-order valence-electron chi connectivity index (χ2n) is 6.50. The Morgan fingerprint density at radius 3 is 2.91 bits per heavy atom. The molecule has 0 saturated carbocycles. The summed E-state index contributed by atoms with van der Waals surface area (Å²) in [7, 11) is 0. The lowest BCUT2D eigenvalue weighted by Crippen LogP contribution is -2.49. The van der Waals surface area contributed by atoms with Crippen LogP contribution in [0.15, 0.2) is 24.3 Å². The molecule has 1 saturated heterocycles. The lowest BCUT2D eigenvalue weighted by Gasteiger charge is -2.37. The van der Waals surface area contributed by atoms with Crippen molar-refractivity contribution < 1.29 is 9.59 Å². The van der Waals surface area contributed by atoms with E-state index in [1.807, 2.05) is 0 Å². The largest absolute Gasteiger partial charge is 0.368 e. The summed E-state index contributed by atoms with van der Waals surface area (Å²) in [5.41, 5.74) is 5.37. The van der Waals surface area contributed by atoms with Crippen molar-refractivity contribution in [3.05, 3.63) is 29.8 Å². The van der Waals surface area contributed by atoms with E-state index >= 15 is 0 Å². The summed E-state index contributed by atoms with van der Waals surface area (Å²) < 4.78 is 0. The summed E-state index contributed by atoms with van der Waals surface area (Å²) >= 11 is 0. The SMILES string of the molecule is CC1CCc2ccccc2N1CCC(=O)NN1CCCCC1=O. The van der Waals surface area contributed by atoms with Crippen molar-refractivity contribution in [1.82, 2.24) is 10.4 Å². The average Bonchev–Trinajstić information content (AvgIpc) is 2.56. The van der Waals surface area contributed by atoms with E-state index in [9.17, 15) is 9.59 Å². The zero-order chi connectivity index (χ0) is 16.2. The van der Waals surface area contributed by atoms with E-state index in [1.165, 1.54) is 16.3 Å². The number of hydrogen-bond acceptors (Lipinski definition) is 3. The van der Waals surface area contributed by atoms with Crippen molar-refractivity contribution in [2.45, 2.75) is 51.5 Å². The van der Waals surface area contributed by atoms with Crippen LogP contribution in [0.2, 0.25) is 0 Å². The fourth-order valence-electron chi connectivity index (χ4n) is 3.45. The number of anilines is 1. The molecule has 1 unspecified atom stereocenters. The maximum atomic E-state index is 12.2. The Labute approximate surface area is 137 Å². The zero-order valence-electron chi connectivity index (χ0n) is 13.8. The number of carbonyl (C=O) groups is 2. The predicted molar refractivity (Wildman–Crippen MR) is 89.9 cm³/mol. The van der Waals surface area contributed by atoms with Gasteiger partial charge in [-0.25, -0.2) is 0 Å². The minimum Gasteiger partial charge on any atom is -0.368 e. The Bertz CT molecular complexity index is 587. The predicted octanol–water partition coefficient (Wildman–Crippen LogP) is 2.26. The molecule has 1 aromatic carbocycles. The van der Waals surface area contributed by atoms with Crippen molar-refractivity contribution in [1.29, 1.82) is 0 Å². The highest BCUT2D eigenvalue weighted by molar-refractivity contribution is 5.82. The number of para-hydroxylation sites is 1. The molecule has 0 aromatic heterocycles. The van der Waals surface area contributed by atoms with E-state index in [2.05, 4.69) is 41.5 Å². The quantitative estimate of drug-likeness (QED) is 0.927. The molecule has 2 heterocycles. The molecule has 3 rings (SSSR count). The van der Waals surface area contributed by atoms with E-state index in [-0.39, 0.29) is 11.8 Å². The number of amides is 2. The van der Waals surface area contributed by atoms with E-state index in [1.54, 1.807) is 0 Å². The summed E-state index contributed by atoms with van der Waals surface area (Å²) in [6, 6.07) is 8.87. The lowest BCUT2D eigenvalue weighted by molar-refractivity contribution is -0.143. The topological polar surface area (TPSA) is 52.7 Å². The third kappa shape index (κ3) is 3.66. The molecule has 2 amide bonds. The van der Waals surface area contributed by atoms with Gasteiger partial charge in [0.2, 0.25) is 11.8 Å². The van der Waals surface area contributed by atoms with Crippen LogP contribution in [0.5, 0.6) is 0 Å². The standard InChI is InChI=1S/C18H25N3O2/c1-14-9-10-15-6-2-3-7-16(15)20(14)13-11-17(22)19-21-12-5-4-8-18(21)23/h2-3,6-7,14H,4-5,8-13H2,1H3,(H,19,22). The molecule has 1 atom stereocenters. The first-order chi connectivity index (χ1) is 11.1. The molecule has 0 aliphatic carbocycles. The maximum absolute atomic E-state index is 12.2. The number of hydrazine groups is 1. The van der Waals surface area contributed by atoms with Crippen LogP contribution in [0.3, 0.4) is 0 Å². The van der Waals surface area contributed by atoms with Gasteiger partial charge in [0.25, 0.3) is 0 Å². The molecule has 23 heavy (non-hydrogen) atoms. The molecular formula is C18H25N3O2. The number of rotatable bonds is 4. The van der Waals surface area contributed by atoms with Crippen LogP contribution >= 0.6 is 0 Å². The van der Waals surface area contributed by atoms with Gasteiger partial charge in [-0.05, 0) is 44.2 Å². The second-order valence-corrected chi connectivity index (χ2v) is 6.50. The third-order valence-electron chi connectivity index (χ3n) is 4.83. The Morgan fingerprint density at radius 2 is 2.09 bits per heavy atom. The number of nitrogens with zero attached hydrogens (tertiary/aromatic N) is 2. The minimum atomic E-state index is -0.0736. The smallest absolute Gasteiger partial charge is 0.240 e. The van der Waals surface area contributed by atoms with E-state index in [0.717, 1.165) is 25.7 Å². The van der Waals surface area contributed by atoms with Crippen LogP contribution in [0.25, 0.3) is 0 Å². The van der Waals surface area contributed by atoms with Gasteiger partial charge in [0.15, 0.2) is 0 Å². The first-order valence-electron chi connectivity index (χ1n) is 8.59.